The first-order chi connectivity index (χ1) is 7.84. The summed E-state index contributed by atoms with van der Waals surface area (Å²) in [5.74, 6) is 0.472. The van der Waals surface area contributed by atoms with Gasteiger partial charge in [0.05, 0.1) is 0 Å². The molecule has 0 radical (unpaired) electrons. The maximum absolute atomic E-state index is 14.0. The van der Waals surface area contributed by atoms with Gasteiger partial charge < -0.3 is 5.32 Å². The molecule has 0 atom stereocenters. The molecule has 16 heavy (non-hydrogen) atoms. The van der Waals surface area contributed by atoms with Gasteiger partial charge in [-0.15, -0.1) is 0 Å². The van der Waals surface area contributed by atoms with Crippen LogP contribution in [0.5, 0.6) is 0 Å². The van der Waals surface area contributed by atoms with Crippen LogP contribution in [0.15, 0.2) is 12.1 Å². The summed E-state index contributed by atoms with van der Waals surface area (Å²) in [6.45, 7) is 2.06. The molecule has 1 aromatic rings. The fourth-order valence-corrected chi connectivity index (χ4v) is 3.06. The first kappa shape index (κ1) is 10.3. The summed E-state index contributed by atoms with van der Waals surface area (Å²) in [6.07, 6.45) is 5.57. The predicted molar refractivity (Wildman–Crippen MR) is 63.3 cm³/mol. The van der Waals surface area contributed by atoms with Gasteiger partial charge in [-0.3, -0.25) is 0 Å². The van der Waals surface area contributed by atoms with Crippen LogP contribution in [0, 0.1) is 5.82 Å². The van der Waals surface area contributed by atoms with E-state index in [9.17, 15) is 4.39 Å². The van der Waals surface area contributed by atoms with Gasteiger partial charge in [0.15, 0.2) is 0 Å². The van der Waals surface area contributed by atoms with E-state index >= 15 is 0 Å². The zero-order valence-corrected chi connectivity index (χ0v) is 9.56. The molecule has 1 aromatic carbocycles. The number of benzene rings is 1. The Morgan fingerprint density at radius 1 is 1.06 bits per heavy atom. The van der Waals surface area contributed by atoms with E-state index in [1.165, 1.54) is 17.5 Å². The molecule has 2 aliphatic rings. The number of fused-ring (bicyclic) bond motifs is 1. The SMILES string of the molecule is Fc1cc2c(cc1C1CCNCC1)CCC2. The molecule has 1 N–H and O–H groups in total. The van der Waals surface area contributed by atoms with E-state index in [0.717, 1.165) is 44.3 Å². The lowest BCUT2D eigenvalue weighted by molar-refractivity contribution is 0.444. The van der Waals surface area contributed by atoms with Crippen LogP contribution >= 0.6 is 0 Å². The Morgan fingerprint density at radius 3 is 2.50 bits per heavy atom. The fourth-order valence-electron chi connectivity index (χ4n) is 3.06. The average Bonchev–Trinajstić information content (AvgIpc) is 2.76. The highest BCUT2D eigenvalue weighted by Gasteiger charge is 2.21. The largest absolute Gasteiger partial charge is 0.317 e. The van der Waals surface area contributed by atoms with Gasteiger partial charge in [-0.2, -0.15) is 0 Å². The summed E-state index contributed by atoms with van der Waals surface area (Å²) >= 11 is 0. The number of hydrogen-bond donors (Lipinski definition) is 1. The number of aryl methyl sites for hydroxylation is 2. The molecule has 0 amide bonds. The number of rotatable bonds is 1. The van der Waals surface area contributed by atoms with Crippen molar-refractivity contribution in [2.75, 3.05) is 13.1 Å². The number of hydrogen-bond acceptors (Lipinski definition) is 1. The molecule has 1 heterocycles. The second kappa shape index (κ2) is 4.17. The van der Waals surface area contributed by atoms with Crippen LogP contribution in [0.3, 0.4) is 0 Å². The molecule has 2 heteroatoms. The maximum atomic E-state index is 14.0. The monoisotopic (exact) mass is 219 g/mol. The number of piperidine rings is 1. The van der Waals surface area contributed by atoms with Gasteiger partial charge in [0.2, 0.25) is 0 Å². The summed E-state index contributed by atoms with van der Waals surface area (Å²) < 4.78 is 14.0. The first-order valence-electron chi connectivity index (χ1n) is 6.36. The van der Waals surface area contributed by atoms with Gasteiger partial charge in [0, 0.05) is 0 Å². The molecule has 86 valence electrons. The van der Waals surface area contributed by atoms with Crippen LogP contribution < -0.4 is 5.32 Å². The highest BCUT2D eigenvalue weighted by molar-refractivity contribution is 5.38. The van der Waals surface area contributed by atoms with Crippen molar-refractivity contribution < 1.29 is 4.39 Å². The lowest BCUT2D eigenvalue weighted by Gasteiger charge is -2.24. The molecule has 0 spiro atoms. The van der Waals surface area contributed by atoms with Gasteiger partial charge in [-0.25, -0.2) is 4.39 Å². The summed E-state index contributed by atoms with van der Waals surface area (Å²) in [6, 6.07) is 3.94. The zero-order chi connectivity index (χ0) is 11.0. The smallest absolute Gasteiger partial charge is 0.126 e. The standard InChI is InChI=1S/C14H18FN/c15-14-9-12-3-1-2-11(12)8-13(14)10-4-6-16-7-5-10/h8-10,16H,1-7H2. The molecule has 1 nitrogen and oxygen atoms in total. The summed E-state index contributed by atoms with van der Waals surface area (Å²) in [4.78, 5) is 0. The molecule has 0 aromatic heterocycles. The van der Waals surface area contributed by atoms with Gasteiger partial charge in [0.25, 0.3) is 0 Å². The van der Waals surface area contributed by atoms with Crippen LogP contribution in [0.2, 0.25) is 0 Å². The highest BCUT2D eigenvalue weighted by Crippen LogP contribution is 2.32. The Bertz CT molecular complexity index is 394. The average molecular weight is 219 g/mol. The topological polar surface area (TPSA) is 12.0 Å². The Balaban J connectivity index is 1.94. The van der Waals surface area contributed by atoms with Crippen molar-refractivity contribution >= 4 is 0 Å². The molecular formula is C14H18FN. The molecule has 0 unspecified atom stereocenters. The minimum absolute atomic E-state index is 0.0348. The van der Waals surface area contributed by atoms with Gasteiger partial charge in [-0.05, 0) is 73.9 Å². The number of nitrogens with one attached hydrogen (secondary N) is 1. The first-order valence-corrected chi connectivity index (χ1v) is 6.36. The van der Waals surface area contributed by atoms with Crippen molar-refractivity contribution in [2.45, 2.75) is 38.0 Å². The lowest BCUT2D eigenvalue weighted by Crippen LogP contribution is -2.27. The second-order valence-electron chi connectivity index (χ2n) is 5.02. The minimum atomic E-state index is 0.0348. The molecule has 1 aliphatic heterocycles. The van der Waals surface area contributed by atoms with Crippen LogP contribution in [0.1, 0.15) is 41.9 Å². The van der Waals surface area contributed by atoms with Crippen molar-refractivity contribution in [3.8, 4) is 0 Å². The fraction of sp³-hybridized carbons (Fsp3) is 0.571. The van der Waals surface area contributed by atoms with Crippen LogP contribution in [0.25, 0.3) is 0 Å². The van der Waals surface area contributed by atoms with Crippen molar-refractivity contribution in [3.63, 3.8) is 0 Å². The molecule has 0 bridgehead atoms. The van der Waals surface area contributed by atoms with E-state index in [-0.39, 0.29) is 5.82 Å². The van der Waals surface area contributed by atoms with E-state index in [1.807, 2.05) is 0 Å². The van der Waals surface area contributed by atoms with Crippen LogP contribution in [-0.2, 0) is 12.8 Å². The van der Waals surface area contributed by atoms with Crippen molar-refractivity contribution in [1.29, 1.82) is 0 Å². The molecule has 1 saturated heterocycles. The molecule has 1 aliphatic carbocycles. The van der Waals surface area contributed by atoms with E-state index in [4.69, 9.17) is 0 Å². The van der Waals surface area contributed by atoms with Crippen molar-refractivity contribution in [2.24, 2.45) is 0 Å². The Morgan fingerprint density at radius 2 is 1.75 bits per heavy atom. The summed E-state index contributed by atoms with van der Waals surface area (Å²) in [7, 11) is 0. The quantitative estimate of drug-likeness (QED) is 0.766. The molecule has 0 saturated carbocycles. The molecular weight excluding hydrogens is 201 g/mol. The van der Waals surface area contributed by atoms with E-state index in [0.29, 0.717) is 5.92 Å². The third-order valence-corrected chi connectivity index (χ3v) is 3.99. The second-order valence-corrected chi connectivity index (χ2v) is 5.02. The Kier molecular flexibility index (Phi) is 2.68. The lowest BCUT2D eigenvalue weighted by atomic mass is 9.88. The Hall–Kier alpha value is -0.890. The van der Waals surface area contributed by atoms with Crippen LogP contribution in [-0.4, -0.2) is 13.1 Å². The highest BCUT2D eigenvalue weighted by atomic mass is 19.1. The van der Waals surface area contributed by atoms with Gasteiger partial charge >= 0.3 is 0 Å². The van der Waals surface area contributed by atoms with Crippen molar-refractivity contribution in [3.05, 3.63) is 34.6 Å². The normalized spacial score (nSPS) is 21.1. The molecule has 1 fully saturated rings. The predicted octanol–water partition coefficient (Wildman–Crippen LogP) is 2.78. The Labute approximate surface area is 96.1 Å². The molecule has 3 rings (SSSR count). The zero-order valence-electron chi connectivity index (χ0n) is 9.56. The van der Waals surface area contributed by atoms with E-state index in [1.54, 1.807) is 6.07 Å². The summed E-state index contributed by atoms with van der Waals surface area (Å²) in [5.41, 5.74) is 3.62. The van der Waals surface area contributed by atoms with Crippen LogP contribution in [0.4, 0.5) is 4.39 Å². The van der Waals surface area contributed by atoms with E-state index in [2.05, 4.69) is 11.4 Å². The van der Waals surface area contributed by atoms with E-state index < -0.39 is 0 Å². The van der Waals surface area contributed by atoms with Gasteiger partial charge in [0.1, 0.15) is 5.82 Å². The van der Waals surface area contributed by atoms with Crippen molar-refractivity contribution in [1.82, 2.24) is 5.32 Å². The summed E-state index contributed by atoms with van der Waals surface area (Å²) in [5, 5.41) is 3.33. The third-order valence-electron chi connectivity index (χ3n) is 3.99. The number of halogens is 1. The van der Waals surface area contributed by atoms with Gasteiger partial charge in [-0.1, -0.05) is 6.07 Å². The minimum Gasteiger partial charge on any atom is -0.317 e. The maximum Gasteiger partial charge on any atom is 0.126 e. The third kappa shape index (κ3) is 1.75.